The van der Waals surface area contributed by atoms with Crippen molar-refractivity contribution in [1.82, 2.24) is 9.99 Å². The highest BCUT2D eigenvalue weighted by Crippen LogP contribution is 2.25. The largest absolute Gasteiger partial charge is 0.348 e. The molecule has 0 aliphatic carbocycles. The van der Waals surface area contributed by atoms with Crippen LogP contribution in [0.2, 0.25) is 0 Å². The summed E-state index contributed by atoms with van der Waals surface area (Å²) in [5, 5.41) is 5.99. The van der Waals surface area contributed by atoms with E-state index in [1.54, 1.807) is 31.2 Å². The molecule has 1 aromatic heterocycles. The average Bonchev–Trinajstić information content (AvgIpc) is 3.02. The predicted molar refractivity (Wildman–Crippen MR) is 120 cm³/mol. The average molecular weight is 522 g/mol. The lowest BCUT2D eigenvalue weighted by Gasteiger charge is -2.13. The molecule has 0 bridgehead atoms. The number of anilines is 1. The van der Waals surface area contributed by atoms with Gasteiger partial charge in [-0.05, 0) is 61.9 Å². The minimum atomic E-state index is -0.860. The Morgan fingerprint density at radius 2 is 1.76 bits per heavy atom. The molecule has 29 heavy (non-hydrogen) atoms. The normalized spacial score (nSPS) is 10.6. The van der Waals surface area contributed by atoms with Gasteiger partial charge in [0.05, 0.1) is 5.52 Å². The third kappa shape index (κ3) is 4.68. The van der Waals surface area contributed by atoms with Crippen molar-refractivity contribution >= 4 is 66.2 Å². The molecule has 0 saturated carbocycles. The van der Waals surface area contributed by atoms with Crippen molar-refractivity contribution in [2.24, 2.45) is 0 Å². The number of benzene rings is 2. The minimum absolute atomic E-state index is 0.191. The second-order valence-electron chi connectivity index (χ2n) is 6.29. The maximum atomic E-state index is 13.0. The van der Waals surface area contributed by atoms with Crippen LogP contribution in [-0.4, -0.2) is 28.9 Å². The van der Waals surface area contributed by atoms with Gasteiger partial charge in [-0.3, -0.25) is 19.8 Å². The zero-order valence-corrected chi connectivity index (χ0v) is 18.8. The molecule has 0 fully saturated rings. The summed E-state index contributed by atoms with van der Waals surface area (Å²) in [5.41, 5.74) is 4.87. The van der Waals surface area contributed by atoms with Crippen molar-refractivity contribution in [3.05, 3.63) is 62.7 Å². The zero-order chi connectivity index (χ0) is 21.1. The van der Waals surface area contributed by atoms with Crippen LogP contribution < -0.4 is 16.1 Å². The lowest BCUT2D eigenvalue weighted by molar-refractivity contribution is -0.136. The Balaban J connectivity index is 1.98. The van der Waals surface area contributed by atoms with E-state index in [2.05, 4.69) is 47.9 Å². The van der Waals surface area contributed by atoms with E-state index in [0.717, 1.165) is 19.9 Å². The van der Waals surface area contributed by atoms with Crippen LogP contribution >= 0.6 is 31.9 Å². The standard InChI is InChI=1S/C20H18Br2N4O3/c1-3-23-19(28)20(29)25-26-16-7-4-13(21)9-12(16)10-17(26)18(27)24-14-5-6-15(22)11(2)8-14/h4-10H,3H2,1-2H3,(H,23,28)(H,24,27)(H,25,29). The van der Waals surface area contributed by atoms with E-state index in [0.29, 0.717) is 17.7 Å². The highest BCUT2D eigenvalue weighted by atomic mass is 79.9. The van der Waals surface area contributed by atoms with Crippen LogP contribution in [0.25, 0.3) is 10.9 Å². The van der Waals surface area contributed by atoms with E-state index >= 15 is 0 Å². The van der Waals surface area contributed by atoms with Crippen LogP contribution in [-0.2, 0) is 9.59 Å². The molecule has 0 spiro atoms. The Labute approximate surface area is 184 Å². The molecule has 0 atom stereocenters. The topological polar surface area (TPSA) is 92.2 Å². The lowest BCUT2D eigenvalue weighted by Crippen LogP contribution is -2.39. The number of rotatable bonds is 4. The van der Waals surface area contributed by atoms with Crippen molar-refractivity contribution in [1.29, 1.82) is 0 Å². The van der Waals surface area contributed by atoms with Crippen LogP contribution in [0.15, 0.2) is 51.4 Å². The molecule has 0 aliphatic rings. The first-order valence-corrected chi connectivity index (χ1v) is 10.4. The van der Waals surface area contributed by atoms with Gasteiger partial charge in [-0.25, -0.2) is 4.68 Å². The number of nitrogens with one attached hydrogen (secondary N) is 3. The van der Waals surface area contributed by atoms with Gasteiger partial charge in [-0.2, -0.15) is 0 Å². The number of carbonyl (C=O) groups excluding carboxylic acids is 3. The molecule has 3 N–H and O–H groups in total. The van der Waals surface area contributed by atoms with E-state index < -0.39 is 17.7 Å². The number of hydrogen-bond donors (Lipinski definition) is 3. The van der Waals surface area contributed by atoms with Gasteiger partial charge in [0.1, 0.15) is 5.69 Å². The van der Waals surface area contributed by atoms with Crippen molar-refractivity contribution < 1.29 is 14.4 Å². The Bertz CT molecular complexity index is 1120. The van der Waals surface area contributed by atoms with Gasteiger partial charge in [0.25, 0.3) is 5.91 Å². The summed E-state index contributed by atoms with van der Waals surface area (Å²) in [5.74, 6) is -2.06. The van der Waals surface area contributed by atoms with Crippen LogP contribution in [0.4, 0.5) is 5.69 Å². The summed E-state index contributed by atoms with van der Waals surface area (Å²) in [7, 11) is 0. The third-order valence-electron chi connectivity index (χ3n) is 4.17. The van der Waals surface area contributed by atoms with E-state index in [4.69, 9.17) is 0 Å². The van der Waals surface area contributed by atoms with Gasteiger partial charge in [0.15, 0.2) is 0 Å². The highest BCUT2D eigenvalue weighted by molar-refractivity contribution is 9.10. The van der Waals surface area contributed by atoms with Gasteiger partial charge in [-0.15, -0.1) is 0 Å². The Morgan fingerprint density at radius 3 is 2.45 bits per heavy atom. The molecule has 3 amide bonds. The van der Waals surface area contributed by atoms with Gasteiger partial charge < -0.3 is 10.6 Å². The summed E-state index contributed by atoms with van der Waals surface area (Å²) in [4.78, 5) is 37.0. The van der Waals surface area contributed by atoms with E-state index in [1.807, 2.05) is 25.1 Å². The lowest BCUT2D eigenvalue weighted by atomic mass is 10.2. The Morgan fingerprint density at radius 1 is 1.00 bits per heavy atom. The molecule has 2 aromatic carbocycles. The number of hydrogen-bond acceptors (Lipinski definition) is 3. The second kappa shape index (κ2) is 8.79. The van der Waals surface area contributed by atoms with Crippen molar-refractivity contribution in [3.63, 3.8) is 0 Å². The number of carbonyl (C=O) groups is 3. The second-order valence-corrected chi connectivity index (χ2v) is 8.06. The number of likely N-dealkylation sites (N-methyl/N-ethyl adjacent to an activating group) is 1. The summed E-state index contributed by atoms with van der Waals surface area (Å²) in [6.45, 7) is 3.95. The van der Waals surface area contributed by atoms with Crippen LogP contribution in [0.5, 0.6) is 0 Å². The molecular weight excluding hydrogens is 504 g/mol. The Kier molecular flexibility index (Phi) is 6.39. The number of halogens is 2. The molecule has 9 heteroatoms. The first kappa shape index (κ1) is 21.1. The first-order valence-electron chi connectivity index (χ1n) is 8.78. The number of aryl methyl sites for hydroxylation is 1. The Hall–Kier alpha value is -2.65. The third-order valence-corrected chi connectivity index (χ3v) is 5.55. The summed E-state index contributed by atoms with van der Waals surface area (Å²) in [6.07, 6.45) is 0. The smallest absolute Gasteiger partial charge is 0.328 e. The number of fused-ring (bicyclic) bond motifs is 1. The molecule has 150 valence electrons. The fourth-order valence-corrected chi connectivity index (χ4v) is 3.41. The number of amides is 3. The van der Waals surface area contributed by atoms with Crippen molar-refractivity contribution in [2.45, 2.75) is 13.8 Å². The number of nitrogens with zero attached hydrogens (tertiary/aromatic N) is 1. The molecule has 0 saturated heterocycles. The van der Waals surface area contributed by atoms with Gasteiger partial charge in [-0.1, -0.05) is 31.9 Å². The van der Waals surface area contributed by atoms with Gasteiger partial charge >= 0.3 is 11.8 Å². The monoisotopic (exact) mass is 520 g/mol. The summed E-state index contributed by atoms with van der Waals surface area (Å²) in [6, 6.07) is 12.5. The molecule has 3 aromatic rings. The van der Waals surface area contributed by atoms with Crippen molar-refractivity contribution in [2.75, 3.05) is 17.3 Å². The van der Waals surface area contributed by atoms with E-state index in [1.165, 1.54) is 4.68 Å². The van der Waals surface area contributed by atoms with Crippen LogP contribution in [0, 0.1) is 6.92 Å². The maximum absolute atomic E-state index is 13.0. The van der Waals surface area contributed by atoms with Crippen molar-refractivity contribution in [3.8, 4) is 0 Å². The molecule has 3 rings (SSSR count). The quantitative estimate of drug-likeness (QED) is 0.454. The van der Waals surface area contributed by atoms with Gasteiger partial charge in [0, 0.05) is 26.6 Å². The fourth-order valence-electron chi connectivity index (χ4n) is 2.78. The molecule has 1 heterocycles. The zero-order valence-electron chi connectivity index (χ0n) is 15.7. The molecule has 0 aliphatic heterocycles. The highest BCUT2D eigenvalue weighted by Gasteiger charge is 2.20. The first-order chi connectivity index (χ1) is 13.8. The molecule has 0 radical (unpaired) electrons. The molecule has 7 nitrogen and oxygen atoms in total. The van der Waals surface area contributed by atoms with Crippen LogP contribution in [0.3, 0.4) is 0 Å². The minimum Gasteiger partial charge on any atom is -0.348 e. The fraction of sp³-hybridized carbons (Fsp3) is 0.150. The van der Waals surface area contributed by atoms with Gasteiger partial charge in [0.2, 0.25) is 0 Å². The van der Waals surface area contributed by atoms with E-state index in [9.17, 15) is 14.4 Å². The predicted octanol–water partition coefficient (Wildman–Crippen LogP) is 3.93. The maximum Gasteiger partial charge on any atom is 0.328 e. The molecule has 0 unspecified atom stereocenters. The van der Waals surface area contributed by atoms with E-state index in [-0.39, 0.29) is 5.69 Å². The SMILES string of the molecule is CCNC(=O)C(=O)Nn1c(C(=O)Nc2ccc(Br)c(C)c2)cc2cc(Br)ccc21. The number of aromatic nitrogens is 1. The van der Waals surface area contributed by atoms with Crippen LogP contribution in [0.1, 0.15) is 23.0 Å². The summed E-state index contributed by atoms with van der Waals surface area (Å²) >= 11 is 6.83. The molecular formula is C20H18Br2N4O3. The summed E-state index contributed by atoms with van der Waals surface area (Å²) < 4.78 is 3.08.